The van der Waals surface area contributed by atoms with Gasteiger partial charge >= 0.3 is 0 Å². The molecule has 2 rings (SSSR count). The van der Waals surface area contributed by atoms with Gasteiger partial charge in [0.05, 0.1) is 31.7 Å². The second kappa shape index (κ2) is 6.35. The highest BCUT2D eigenvalue weighted by molar-refractivity contribution is 7.16. The van der Waals surface area contributed by atoms with Gasteiger partial charge in [-0.25, -0.2) is 0 Å². The fourth-order valence-corrected chi connectivity index (χ4v) is 3.10. The van der Waals surface area contributed by atoms with E-state index in [9.17, 15) is 0 Å². The molecule has 0 aliphatic rings. The van der Waals surface area contributed by atoms with Crippen molar-refractivity contribution in [2.75, 3.05) is 21.3 Å². The zero-order valence-electron chi connectivity index (χ0n) is 11.5. The van der Waals surface area contributed by atoms with E-state index < -0.39 is 0 Å². The summed E-state index contributed by atoms with van der Waals surface area (Å²) in [4.78, 5) is 0.959. The lowest BCUT2D eigenvalue weighted by molar-refractivity contribution is 0.321. The van der Waals surface area contributed by atoms with Crippen LogP contribution in [0.3, 0.4) is 0 Å². The Labute approximate surface area is 127 Å². The van der Waals surface area contributed by atoms with E-state index in [1.165, 1.54) is 11.3 Å². The molecule has 0 fully saturated rings. The Balaban J connectivity index is 2.51. The molecule has 0 amide bonds. The van der Waals surface area contributed by atoms with Gasteiger partial charge in [-0.05, 0) is 24.3 Å². The lowest BCUT2D eigenvalue weighted by Gasteiger charge is -2.19. The van der Waals surface area contributed by atoms with Crippen molar-refractivity contribution < 1.29 is 14.2 Å². The third-order valence-electron chi connectivity index (χ3n) is 2.97. The van der Waals surface area contributed by atoms with E-state index in [0.29, 0.717) is 21.6 Å². The quantitative estimate of drug-likeness (QED) is 0.918. The van der Waals surface area contributed by atoms with Gasteiger partial charge in [0.1, 0.15) is 0 Å². The number of hydrogen-bond donors (Lipinski definition) is 1. The van der Waals surface area contributed by atoms with Crippen LogP contribution in [-0.2, 0) is 0 Å². The third-order valence-corrected chi connectivity index (χ3v) is 4.28. The fourth-order valence-electron chi connectivity index (χ4n) is 2.02. The van der Waals surface area contributed by atoms with Gasteiger partial charge in [-0.1, -0.05) is 11.6 Å². The lowest BCUT2D eigenvalue weighted by atomic mass is 10.0. The van der Waals surface area contributed by atoms with E-state index in [2.05, 4.69) is 0 Å². The summed E-state index contributed by atoms with van der Waals surface area (Å²) in [7, 11) is 4.72. The minimum absolute atomic E-state index is 0.331. The van der Waals surface area contributed by atoms with Crippen LogP contribution in [0.4, 0.5) is 0 Å². The standard InChI is InChI=1S/C14H16ClNO3S/c1-17-9-5-4-8(13(18-2)14(9)19-3)12(16)10-6-7-11(15)20-10/h4-7,12H,16H2,1-3H3. The summed E-state index contributed by atoms with van der Waals surface area (Å²) in [6.07, 6.45) is 0. The molecule has 0 aliphatic heterocycles. The number of methoxy groups -OCH3 is 3. The summed E-state index contributed by atoms with van der Waals surface area (Å²) in [6.45, 7) is 0. The highest BCUT2D eigenvalue weighted by atomic mass is 35.5. The van der Waals surface area contributed by atoms with Crippen molar-refractivity contribution >= 4 is 22.9 Å². The number of nitrogens with two attached hydrogens (primary N) is 1. The van der Waals surface area contributed by atoms with E-state index in [1.807, 2.05) is 24.3 Å². The predicted octanol–water partition coefficient (Wildman–Crippen LogP) is 3.48. The number of thiophene rings is 1. The SMILES string of the molecule is COc1ccc(C(N)c2ccc(Cl)s2)c(OC)c1OC. The van der Waals surface area contributed by atoms with Crippen molar-refractivity contribution in [1.29, 1.82) is 0 Å². The summed E-state index contributed by atoms with van der Waals surface area (Å²) < 4.78 is 16.8. The lowest BCUT2D eigenvalue weighted by Crippen LogP contribution is -2.12. The van der Waals surface area contributed by atoms with E-state index in [1.54, 1.807) is 21.3 Å². The summed E-state index contributed by atoms with van der Waals surface area (Å²) >= 11 is 7.40. The zero-order chi connectivity index (χ0) is 14.7. The Morgan fingerprint density at radius 1 is 1.00 bits per heavy atom. The average molecular weight is 314 g/mol. The van der Waals surface area contributed by atoms with Crippen molar-refractivity contribution in [3.8, 4) is 17.2 Å². The molecule has 0 bridgehead atoms. The molecule has 1 aromatic carbocycles. The van der Waals surface area contributed by atoms with Gasteiger partial charge in [0.15, 0.2) is 11.5 Å². The largest absolute Gasteiger partial charge is 0.493 e. The minimum Gasteiger partial charge on any atom is -0.493 e. The highest BCUT2D eigenvalue weighted by Gasteiger charge is 2.22. The molecule has 0 saturated carbocycles. The fraction of sp³-hybridized carbons (Fsp3) is 0.286. The molecular weight excluding hydrogens is 298 g/mol. The van der Waals surface area contributed by atoms with Gasteiger partial charge in [0, 0.05) is 10.4 Å². The van der Waals surface area contributed by atoms with Crippen LogP contribution >= 0.6 is 22.9 Å². The molecule has 0 aliphatic carbocycles. The molecule has 0 saturated heterocycles. The van der Waals surface area contributed by atoms with Crippen molar-refractivity contribution in [3.63, 3.8) is 0 Å². The first-order chi connectivity index (χ1) is 9.62. The van der Waals surface area contributed by atoms with Gasteiger partial charge in [-0.15, -0.1) is 11.3 Å². The maximum Gasteiger partial charge on any atom is 0.203 e. The van der Waals surface area contributed by atoms with E-state index >= 15 is 0 Å². The molecule has 6 heteroatoms. The summed E-state index contributed by atoms with van der Waals surface area (Å²) in [5.41, 5.74) is 7.12. The Kier molecular flexibility index (Phi) is 4.75. The highest BCUT2D eigenvalue weighted by Crippen LogP contribution is 2.43. The maximum atomic E-state index is 6.30. The Morgan fingerprint density at radius 2 is 1.70 bits per heavy atom. The Morgan fingerprint density at radius 3 is 2.20 bits per heavy atom. The van der Waals surface area contributed by atoms with Crippen LogP contribution in [0.25, 0.3) is 0 Å². The first-order valence-electron chi connectivity index (χ1n) is 5.92. The first kappa shape index (κ1) is 15.0. The number of ether oxygens (including phenoxy) is 3. The number of halogens is 1. The van der Waals surface area contributed by atoms with Crippen LogP contribution in [0.2, 0.25) is 4.34 Å². The minimum atomic E-state index is -0.331. The van der Waals surface area contributed by atoms with Crippen molar-refractivity contribution in [1.82, 2.24) is 0 Å². The predicted molar refractivity (Wildman–Crippen MR) is 81.5 cm³/mol. The molecular formula is C14H16ClNO3S. The van der Waals surface area contributed by atoms with Crippen molar-refractivity contribution in [2.45, 2.75) is 6.04 Å². The molecule has 108 valence electrons. The van der Waals surface area contributed by atoms with Crippen LogP contribution in [0.1, 0.15) is 16.5 Å². The molecule has 20 heavy (non-hydrogen) atoms. The third kappa shape index (κ3) is 2.70. The Hall–Kier alpha value is -1.43. The van der Waals surface area contributed by atoms with Crippen LogP contribution in [0, 0.1) is 0 Å². The molecule has 1 heterocycles. The van der Waals surface area contributed by atoms with Crippen LogP contribution in [-0.4, -0.2) is 21.3 Å². The Bertz CT molecular complexity index is 600. The number of rotatable bonds is 5. The number of benzene rings is 1. The average Bonchev–Trinajstić information content (AvgIpc) is 2.91. The van der Waals surface area contributed by atoms with E-state index in [-0.39, 0.29) is 6.04 Å². The van der Waals surface area contributed by atoms with Crippen LogP contribution in [0.5, 0.6) is 17.2 Å². The summed E-state index contributed by atoms with van der Waals surface area (Å²) in [5, 5.41) is 0. The molecule has 1 aromatic heterocycles. The summed E-state index contributed by atoms with van der Waals surface area (Å²) in [6, 6.07) is 7.09. The zero-order valence-corrected chi connectivity index (χ0v) is 13.0. The van der Waals surface area contributed by atoms with E-state index in [4.69, 9.17) is 31.5 Å². The summed E-state index contributed by atoms with van der Waals surface area (Å²) in [5.74, 6) is 1.71. The molecule has 0 radical (unpaired) electrons. The molecule has 2 N–H and O–H groups in total. The van der Waals surface area contributed by atoms with Crippen molar-refractivity contribution in [3.05, 3.63) is 39.0 Å². The van der Waals surface area contributed by atoms with Gasteiger partial charge < -0.3 is 19.9 Å². The van der Waals surface area contributed by atoms with Crippen molar-refractivity contribution in [2.24, 2.45) is 5.73 Å². The normalized spacial score (nSPS) is 12.1. The van der Waals surface area contributed by atoms with Gasteiger partial charge in [-0.2, -0.15) is 0 Å². The van der Waals surface area contributed by atoms with Crippen LogP contribution < -0.4 is 19.9 Å². The first-order valence-corrected chi connectivity index (χ1v) is 7.11. The molecule has 1 atom stereocenters. The topological polar surface area (TPSA) is 53.7 Å². The second-order valence-electron chi connectivity index (χ2n) is 4.04. The molecule has 2 aromatic rings. The maximum absolute atomic E-state index is 6.30. The number of hydrogen-bond acceptors (Lipinski definition) is 5. The van der Waals surface area contributed by atoms with E-state index in [0.717, 1.165) is 10.4 Å². The van der Waals surface area contributed by atoms with Gasteiger partial charge in [0.25, 0.3) is 0 Å². The second-order valence-corrected chi connectivity index (χ2v) is 5.79. The smallest absolute Gasteiger partial charge is 0.203 e. The molecule has 1 unspecified atom stereocenters. The monoisotopic (exact) mass is 313 g/mol. The van der Waals surface area contributed by atoms with Gasteiger partial charge in [0.2, 0.25) is 5.75 Å². The molecule has 4 nitrogen and oxygen atoms in total. The van der Waals surface area contributed by atoms with Gasteiger partial charge in [-0.3, -0.25) is 0 Å². The molecule has 0 spiro atoms. The van der Waals surface area contributed by atoms with Crippen LogP contribution in [0.15, 0.2) is 24.3 Å².